The summed E-state index contributed by atoms with van der Waals surface area (Å²) in [5.41, 5.74) is 2.43. The maximum Gasteiger partial charge on any atom is 0.262 e. The second-order valence-corrected chi connectivity index (χ2v) is 9.08. The van der Waals surface area contributed by atoms with E-state index >= 15 is 0 Å². The molecule has 1 amide bonds. The van der Waals surface area contributed by atoms with Crippen LogP contribution in [0.4, 0.5) is 10.2 Å². The van der Waals surface area contributed by atoms with Crippen molar-refractivity contribution in [2.24, 2.45) is 0 Å². The number of thiophene rings is 1. The van der Waals surface area contributed by atoms with Crippen LogP contribution in [0.5, 0.6) is 0 Å². The predicted molar refractivity (Wildman–Crippen MR) is 122 cm³/mol. The van der Waals surface area contributed by atoms with Crippen LogP contribution < -0.4 is 10.9 Å². The number of halogens is 1. The molecule has 0 bridgehead atoms. The third-order valence-electron chi connectivity index (χ3n) is 5.69. The van der Waals surface area contributed by atoms with Crippen LogP contribution in [0.25, 0.3) is 15.9 Å². The number of anilines is 1. The maximum atomic E-state index is 13.3. The fourth-order valence-corrected chi connectivity index (χ4v) is 5.35. The van der Waals surface area contributed by atoms with Crippen molar-refractivity contribution in [2.75, 3.05) is 5.32 Å². The molecule has 3 heterocycles. The molecule has 9 heteroatoms. The molecule has 0 atom stereocenters. The Morgan fingerprint density at radius 3 is 2.81 bits per heavy atom. The van der Waals surface area contributed by atoms with Crippen molar-refractivity contribution in [1.29, 1.82) is 0 Å². The van der Waals surface area contributed by atoms with E-state index in [1.807, 2.05) is 6.92 Å². The van der Waals surface area contributed by atoms with Gasteiger partial charge < -0.3 is 5.32 Å². The number of aromatic nitrogens is 4. The first-order chi connectivity index (χ1) is 15.5. The molecule has 3 aromatic heterocycles. The lowest BCUT2D eigenvalue weighted by atomic mass is 9.97. The van der Waals surface area contributed by atoms with Crippen LogP contribution >= 0.6 is 11.3 Å². The van der Waals surface area contributed by atoms with Gasteiger partial charge in [-0.3, -0.25) is 14.2 Å². The minimum atomic E-state index is -0.342. The summed E-state index contributed by atoms with van der Waals surface area (Å²) in [4.78, 5) is 32.2. The third kappa shape index (κ3) is 3.84. The first-order valence-corrected chi connectivity index (χ1v) is 11.4. The molecule has 1 aliphatic rings. The quantitative estimate of drug-likeness (QED) is 0.497. The zero-order valence-corrected chi connectivity index (χ0v) is 18.4. The minimum absolute atomic E-state index is 0.0746. The molecule has 0 saturated heterocycles. The van der Waals surface area contributed by atoms with Gasteiger partial charge in [0.2, 0.25) is 5.91 Å². The van der Waals surface area contributed by atoms with Crippen molar-refractivity contribution in [3.05, 3.63) is 69.0 Å². The molecule has 4 aromatic rings. The van der Waals surface area contributed by atoms with Crippen molar-refractivity contribution in [3.8, 4) is 5.69 Å². The largest absolute Gasteiger partial charge is 0.311 e. The molecule has 0 unspecified atom stereocenters. The van der Waals surface area contributed by atoms with Gasteiger partial charge in [-0.05, 0) is 62.4 Å². The van der Waals surface area contributed by atoms with Crippen LogP contribution in [-0.2, 0) is 24.2 Å². The number of nitrogens with zero attached hydrogens (tertiary/aromatic N) is 4. The number of benzene rings is 1. The molecule has 7 nitrogen and oxygen atoms in total. The highest BCUT2D eigenvalue weighted by molar-refractivity contribution is 7.18. The van der Waals surface area contributed by atoms with Crippen LogP contribution in [-0.4, -0.2) is 25.2 Å². The number of nitrogens with one attached hydrogen (secondary N) is 1. The highest BCUT2D eigenvalue weighted by atomic mass is 32.1. The van der Waals surface area contributed by atoms with Crippen molar-refractivity contribution in [3.63, 3.8) is 0 Å². The van der Waals surface area contributed by atoms with E-state index in [0.29, 0.717) is 11.5 Å². The second-order valence-electron chi connectivity index (χ2n) is 7.99. The summed E-state index contributed by atoms with van der Waals surface area (Å²) in [5, 5.41) is 7.95. The van der Waals surface area contributed by atoms with Crippen molar-refractivity contribution in [2.45, 2.75) is 45.6 Å². The SMILES string of the molecule is Cc1cc(NC(=O)CCn2cnc3sc4c(c3c2=O)CCCC4)n(-c2ccc(F)cc2)n1. The normalized spacial score (nSPS) is 13.3. The molecule has 5 rings (SSSR count). The van der Waals surface area contributed by atoms with Crippen LogP contribution in [0.1, 0.15) is 35.4 Å². The van der Waals surface area contributed by atoms with Crippen LogP contribution in [0, 0.1) is 12.7 Å². The van der Waals surface area contributed by atoms with E-state index in [1.165, 1.54) is 27.9 Å². The number of fused-ring (bicyclic) bond motifs is 3. The highest BCUT2D eigenvalue weighted by Crippen LogP contribution is 2.33. The lowest BCUT2D eigenvalue weighted by Crippen LogP contribution is -2.24. The fraction of sp³-hybridized carbons (Fsp3) is 0.304. The number of aryl methyl sites for hydroxylation is 4. The zero-order valence-electron chi connectivity index (χ0n) is 17.6. The van der Waals surface area contributed by atoms with Gasteiger partial charge in [-0.25, -0.2) is 14.1 Å². The van der Waals surface area contributed by atoms with Crippen molar-refractivity contribution in [1.82, 2.24) is 19.3 Å². The minimum Gasteiger partial charge on any atom is -0.311 e. The van der Waals surface area contributed by atoms with Crippen molar-refractivity contribution < 1.29 is 9.18 Å². The van der Waals surface area contributed by atoms with E-state index in [4.69, 9.17) is 0 Å². The molecule has 1 N–H and O–H groups in total. The molecule has 0 radical (unpaired) electrons. The lowest BCUT2D eigenvalue weighted by Gasteiger charge is -2.11. The monoisotopic (exact) mass is 451 g/mol. The first kappa shape index (κ1) is 20.6. The Hall–Kier alpha value is -3.33. The molecule has 0 fully saturated rings. The number of hydrogen-bond donors (Lipinski definition) is 1. The number of rotatable bonds is 5. The average molecular weight is 452 g/mol. The molecule has 164 valence electrons. The molecule has 0 spiro atoms. The molecular weight excluding hydrogens is 429 g/mol. The Bertz CT molecular complexity index is 1370. The molecule has 0 saturated carbocycles. The van der Waals surface area contributed by atoms with Gasteiger partial charge in [-0.2, -0.15) is 5.10 Å². The van der Waals surface area contributed by atoms with E-state index in [-0.39, 0.29) is 30.2 Å². The van der Waals surface area contributed by atoms with E-state index in [0.717, 1.165) is 47.2 Å². The van der Waals surface area contributed by atoms with E-state index in [9.17, 15) is 14.0 Å². The number of hydrogen-bond acceptors (Lipinski definition) is 5. The van der Waals surface area contributed by atoms with Gasteiger partial charge in [-0.15, -0.1) is 11.3 Å². The Morgan fingerprint density at radius 1 is 1.22 bits per heavy atom. The maximum absolute atomic E-state index is 13.3. The molecule has 1 aromatic carbocycles. The summed E-state index contributed by atoms with van der Waals surface area (Å²) in [6, 6.07) is 7.63. The van der Waals surface area contributed by atoms with Gasteiger partial charge in [0, 0.05) is 23.9 Å². The van der Waals surface area contributed by atoms with Gasteiger partial charge in [0.25, 0.3) is 5.56 Å². The average Bonchev–Trinajstić information content (AvgIpc) is 3.34. The number of amides is 1. The third-order valence-corrected chi connectivity index (χ3v) is 6.89. The predicted octanol–water partition coefficient (Wildman–Crippen LogP) is 4.00. The summed E-state index contributed by atoms with van der Waals surface area (Å²) >= 11 is 1.61. The smallest absolute Gasteiger partial charge is 0.262 e. The van der Waals surface area contributed by atoms with E-state index in [2.05, 4.69) is 15.4 Å². The van der Waals surface area contributed by atoms with Crippen LogP contribution in [0.2, 0.25) is 0 Å². The van der Waals surface area contributed by atoms with Gasteiger partial charge in [0.05, 0.1) is 23.1 Å². The number of carbonyl (C=O) groups is 1. The summed E-state index contributed by atoms with van der Waals surface area (Å²) in [6.45, 7) is 2.06. The van der Waals surface area contributed by atoms with E-state index in [1.54, 1.807) is 34.2 Å². The molecular formula is C23H22FN5O2S. The summed E-state index contributed by atoms with van der Waals surface area (Å²) < 4.78 is 16.3. The molecule has 1 aliphatic carbocycles. The molecule has 32 heavy (non-hydrogen) atoms. The number of carbonyl (C=O) groups excluding carboxylic acids is 1. The van der Waals surface area contributed by atoms with Crippen molar-refractivity contribution >= 4 is 33.3 Å². The standard InChI is InChI=1S/C23H22FN5O2S/c1-14-12-19(29(27-14)16-8-6-15(24)7-9-16)26-20(30)10-11-28-13-25-22-21(23(28)31)17-4-2-3-5-18(17)32-22/h6-9,12-13H,2-5,10-11H2,1H3,(H,26,30). The van der Waals surface area contributed by atoms with Gasteiger partial charge in [0.1, 0.15) is 16.5 Å². The van der Waals surface area contributed by atoms with Crippen LogP contribution in [0.15, 0.2) is 41.5 Å². The highest BCUT2D eigenvalue weighted by Gasteiger charge is 2.20. The molecule has 0 aliphatic heterocycles. The van der Waals surface area contributed by atoms with Crippen LogP contribution in [0.3, 0.4) is 0 Å². The van der Waals surface area contributed by atoms with Gasteiger partial charge in [-0.1, -0.05) is 0 Å². The second kappa shape index (κ2) is 8.31. The zero-order chi connectivity index (χ0) is 22.2. The van der Waals surface area contributed by atoms with E-state index < -0.39 is 0 Å². The summed E-state index contributed by atoms with van der Waals surface area (Å²) in [7, 11) is 0. The summed E-state index contributed by atoms with van der Waals surface area (Å²) in [5.74, 6) is -0.0920. The fourth-order valence-electron chi connectivity index (χ4n) is 4.14. The van der Waals surface area contributed by atoms with Gasteiger partial charge >= 0.3 is 0 Å². The Kier molecular flexibility index (Phi) is 5.34. The summed E-state index contributed by atoms with van der Waals surface area (Å²) in [6.07, 6.45) is 5.83. The first-order valence-electron chi connectivity index (χ1n) is 10.6. The Morgan fingerprint density at radius 2 is 2.00 bits per heavy atom. The Balaban J connectivity index is 1.33. The Labute approximate surface area is 187 Å². The topological polar surface area (TPSA) is 81.8 Å². The lowest BCUT2D eigenvalue weighted by molar-refractivity contribution is -0.116. The van der Waals surface area contributed by atoms with Gasteiger partial charge in [0.15, 0.2) is 0 Å².